The van der Waals surface area contributed by atoms with Crippen molar-refractivity contribution in [2.45, 2.75) is 64.2 Å². The Hall–Kier alpha value is -1.67. The molecule has 1 aromatic carbocycles. The van der Waals surface area contributed by atoms with Gasteiger partial charge in [-0.3, -0.25) is 9.89 Å². The van der Waals surface area contributed by atoms with E-state index in [-0.39, 0.29) is 24.4 Å². The molecule has 0 aromatic heterocycles. The van der Waals surface area contributed by atoms with Gasteiger partial charge >= 0.3 is 0 Å². The summed E-state index contributed by atoms with van der Waals surface area (Å²) in [7, 11) is 1.86. The Morgan fingerprint density at radius 2 is 1.77 bits per heavy atom. The van der Waals surface area contributed by atoms with Gasteiger partial charge in [0, 0.05) is 52.9 Å². The van der Waals surface area contributed by atoms with E-state index in [1.807, 2.05) is 7.05 Å². The number of ether oxygens (including phenoxy) is 3. The van der Waals surface area contributed by atoms with Gasteiger partial charge in [-0.2, -0.15) is 0 Å². The third-order valence-corrected chi connectivity index (χ3v) is 6.43. The van der Waals surface area contributed by atoms with Crippen LogP contribution in [0.3, 0.4) is 0 Å². The lowest BCUT2D eigenvalue weighted by molar-refractivity contribution is -0.0817. The molecule has 0 amide bonds. The van der Waals surface area contributed by atoms with Gasteiger partial charge in [0.2, 0.25) is 0 Å². The Morgan fingerprint density at radius 1 is 1.03 bits per heavy atom. The smallest absolute Gasteiger partial charge is 0.194 e. The molecule has 3 aliphatic rings. The first-order valence-corrected chi connectivity index (χ1v) is 11.8. The van der Waals surface area contributed by atoms with Gasteiger partial charge in [0.1, 0.15) is 6.10 Å². The average molecular weight is 431 g/mol. The van der Waals surface area contributed by atoms with Crippen LogP contribution in [-0.2, 0) is 27.3 Å². The first-order chi connectivity index (χ1) is 15.1. The second-order valence-electron chi connectivity index (χ2n) is 9.03. The van der Waals surface area contributed by atoms with Crippen molar-refractivity contribution in [3.05, 3.63) is 35.4 Å². The van der Waals surface area contributed by atoms with Crippen molar-refractivity contribution in [2.24, 2.45) is 4.99 Å². The monoisotopic (exact) mass is 430 g/mol. The summed E-state index contributed by atoms with van der Waals surface area (Å²) in [6, 6.07) is 8.72. The molecule has 0 spiro atoms. The largest absolute Gasteiger partial charge is 0.375 e. The molecule has 3 fully saturated rings. The molecule has 7 nitrogen and oxygen atoms in total. The van der Waals surface area contributed by atoms with Crippen LogP contribution < -0.4 is 5.32 Å². The summed E-state index contributed by atoms with van der Waals surface area (Å²) in [6.07, 6.45) is 3.15. The van der Waals surface area contributed by atoms with Crippen molar-refractivity contribution in [1.29, 1.82) is 0 Å². The van der Waals surface area contributed by atoms with Crippen molar-refractivity contribution >= 4 is 5.96 Å². The van der Waals surface area contributed by atoms with E-state index in [9.17, 15) is 0 Å². The summed E-state index contributed by atoms with van der Waals surface area (Å²) in [5.74, 6) is 0.940. The lowest BCUT2D eigenvalue weighted by Crippen LogP contribution is -2.53. The highest BCUT2D eigenvalue weighted by Crippen LogP contribution is 2.21. The number of morpholine rings is 2. The molecule has 0 bridgehead atoms. The van der Waals surface area contributed by atoms with Crippen molar-refractivity contribution in [1.82, 2.24) is 15.1 Å². The van der Waals surface area contributed by atoms with E-state index in [0.29, 0.717) is 0 Å². The van der Waals surface area contributed by atoms with E-state index < -0.39 is 0 Å². The Balaban J connectivity index is 1.35. The molecule has 4 atom stereocenters. The van der Waals surface area contributed by atoms with E-state index in [1.165, 1.54) is 11.1 Å². The molecule has 4 rings (SSSR count). The maximum Gasteiger partial charge on any atom is 0.194 e. The lowest BCUT2D eigenvalue weighted by atomic mass is 10.1. The zero-order valence-corrected chi connectivity index (χ0v) is 19.3. The molecule has 1 N–H and O–H groups in total. The molecule has 4 unspecified atom stereocenters. The SMILES string of the molecule is CN=C(NCc1ccccc1CN1CC(C)OC(C)C1)N1CCOC(C2CCCO2)C1. The Morgan fingerprint density at radius 3 is 2.48 bits per heavy atom. The van der Waals surface area contributed by atoms with Crippen LogP contribution in [0.5, 0.6) is 0 Å². The summed E-state index contributed by atoms with van der Waals surface area (Å²) in [6.45, 7) is 11.2. The third-order valence-electron chi connectivity index (χ3n) is 6.43. The molecule has 3 heterocycles. The molecule has 3 saturated heterocycles. The van der Waals surface area contributed by atoms with E-state index in [4.69, 9.17) is 14.2 Å². The number of benzene rings is 1. The van der Waals surface area contributed by atoms with Gasteiger partial charge in [-0.15, -0.1) is 0 Å². The number of nitrogens with zero attached hydrogens (tertiary/aromatic N) is 3. The van der Waals surface area contributed by atoms with Crippen molar-refractivity contribution < 1.29 is 14.2 Å². The van der Waals surface area contributed by atoms with Crippen LogP contribution in [0.15, 0.2) is 29.3 Å². The molecule has 0 radical (unpaired) electrons. The number of hydrogen-bond acceptors (Lipinski definition) is 5. The second-order valence-corrected chi connectivity index (χ2v) is 9.03. The molecule has 3 aliphatic heterocycles. The van der Waals surface area contributed by atoms with Crippen molar-refractivity contribution in [3.63, 3.8) is 0 Å². The topological polar surface area (TPSA) is 58.6 Å². The molecular formula is C24H38N4O3. The number of guanidine groups is 1. The number of hydrogen-bond donors (Lipinski definition) is 1. The first kappa shape index (κ1) is 22.5. The van der Waals surface area contributed by atoms with E-state index >= 15 is 0 Å². The predicted octanol–water partition coefficient (Wildman–Crippen LogP) is 2.25. The summed E-state index contributed by atoms with van der Waals surface area (Å²) >= 11 is 0. The maximum absolute atomic E-state index is 6.01. The summed E-state index contributed by atoms with van der Waals surface area (Å²) in [5, 5.41) is 3.60. The lowest BCUT2D eigenvalue weighted by Gasteiger charge is -2.37. The fraction of sp³-hybridized carbons (Fsp3) is 0.708. The van der Waals surface area contributed by atoms with Crippen LogP contribution in [0.4, 0.5) is 0 Å². The molecular weight excluding hydrogens is 392 g/mol. The Kier molecular flexibility index (Phi) is 7.82. The standard InChI is InChI=1S/C24H38N4O3/c1-18-14-27(15-19(2)31-18)16-21-8-5-4-7-20(21)13-26-24(25-3)28-10-12-30-23(17-28)22-9-6-11-29-22/h4-5,7-8,18-19,22-23H,6,9-17H2,1-3H3,(H,25,26). The minimum atomic E-state index is 0.132. The highest BCUT2D eigenvalue weighted by Gasteiger charge is 2.32. The molecule has 172 valence electrons. The van der Waals surface area contributed by atoms with Crippen LogP contribution in [0, 0.1) is 0 Å². The molecule has 7 heteroatoms. The highest BCUT2D eigenvalue weighted by molar-refractivity contribution is 5.80. The van der Waals surface area contributed by atoms with Crippen LogP contribution in [0.25, 0.3) is 0 Å². The van der Waals surface area contributed by atoms with Crippen LogP contribution >= 0.6 is 0 Å². The van der Waals surface area contributed by atoms with Gasteiger partial charge in [0.15, 0.2) is 5.96 Å². The van der Waals surface area contributed by atoms with E-state index in [0.717, 1.165) is 71.3 Å². The van der Waals surface area contributed by atoms with E-state index in [1.54, 1.807) is 0 Å². The summed E-state index contributed by atoms with van der Waals surface area (Å²) in [5.41, 5.74) is 2.69. The third kappa shape index (κ3) is 5.98. The maximum atomic E-state index is 6.01. The minimum absolute atomic E-state index is 0.132. The number of rotatable bonds is 5. The zero-order chi connectivity index (χ0) is 21.6. The summed E-state index contributed by atoms with van der Waals surface area (Å²) < 4.78 is 17.8. The fourth-order valence-corrected chi connectivity index (χ4v) is 5.03. The van der Waals surface area contributed by atoms with Gasteiger partial charge < -0.3 is 24.4 Å². The predicted molar refractivity (Wildman–Crippen MR) is 122 cm³/mol. The fourth-order valence-electron chi connectivity index (χ4n) is 5.03. The van der Waals surface area contributed by atoms with Crippen LogP contribution in [-0.4, -0.2) is 86.6 Å². The Labute approximate surface area is 186 Å². The molecule has 0 aliphatic carbocycles. The minimum Gasteiger partial charge on any atom is -0.375 e. The average Bonchev–Trinajstić information content (AvgIpc) is 3.30. The van der Waals surface area contributed by atoms with Crippen molar-refractivity contribution in [2.75, 3.05) is 46.4 Å². The van der Waals surface area contributed by atoms with Gasteiger partial charge in [-0.05, 0) is 37.8 Å². The van der Waals surface area contributed by atoms with E-state index in [2.05, 4.69) is 58.2 Å². The van der Waals surface area contributed by atoms with Gasteiger partial charge in [-0.1, -0.05) is 24.3 Å². The quantitative estimate of drug-likeness (QED) is 0.571. The molecule has 0 saturated carbocycles. The van der Waals surface area contributed by atoms with Crippen molar-refractivity contribution in [3.8, 4) is 0 Å². The molecule has 31 heavy (non-hydrogen) atoms. The van der Waals surface area contributed by atoms with Crippen LogP contribution in [0.1, 0.15) is 37.8 Å². The zero-order valence-electron chi connectivity index (χ0n) is 19.3. The highest BCUT2D eigenvalue weighted by atomic mass is 16.5. The normalized spacial score (nSPS) is 30.5. The van der Waals surface area contributed by atoms with Gasteiger partial charge in [0.25, 0.3) is 0 Å². The van der Waals surface area contributed by atoms with Crippen LogP contribution in [0.2, 0.25) is 0 Å². The molecule has 1 aromatic rings. The van der Waals surface area contributed by atoms with Gasteiger partial charge in [0.05, 0.1) is 24.9 Å². The Bertz CT molecular complexity index is 727. The summed E-state index contributed by atoms with van der Waals surface area (Å²) in [4.78, 5) is 9.37. The first-order valence-electron chi connectivity index (χ1n) is 11.8. The number of nitrogens with one attached hydrogen (secondary N) is 1. The van der Waals surface area contributed by atoms with Gasteiger partial charge in [-0.25, -0.2) is 0 Å². The number of aliphatic imine (C=N–C) groups is 1. The second kappa shape index (κ2) is 10.8.